The van der Waals surface area contributed by atoms with Crippen LogP contribution in [0, 0.1) is 0 Å². The van der Waals surface area contributed by atoms with Crippen molar-refractivity contribution in [1.82, 2.24) is 15.1 Å². The molecule has 0 saturated heterocycles. The van der Waals surface area contributed by atoms with Crippen molar-refractivity contribution in [1.29, 1.82) is 0 Å². The number of rotatable bonds is 5. The van der Waals surface area contributed by atoms with Gasteiger partial charge >= 0.3 is 0 Å². The van der Waals surface area contributed by atoms with Crippen LogP contribution < -0.4 is 5.32 Å². The van der Waals surface area contributed by atoms with Gasteiger partial charge in [-0.2, -0.15) is 5.10 Å². The second-order valence-electron chi connectivity index (χ2n) is 4.55. The molecule has 0 bridgehead atoms. The van der Waals surface area contributed by atoms with Gasteiger partial charge in [-0.1, -0.05) is 17.7 Å². The van der Waals surface area contributed by atoms with E-state index in [0.717, 1.165) is 5.69 Å². The lowest BCUT2D eigenvalue weighted by atomic mass is 10.2. The highest BCUT2D eigenvalue weighted by atomic mass is 35.5. The number of carbonyl (C=O) groups excluding carboxylic acids is 1. The van der Waals surface area contributed by atoms with Gasteiger partial charge in [0.1, 0.15) is 0 Å². The van der Waals surface area contributed by atoms with Gasteiger partial charge in [0.2, 0.25) is 0 Å². The minimum Gasteiger partial charge on any atom is -0.393 e. The fourth-order valence-electron chi connectivity index (χ4n) is 1.70. The van der Waals surface area contributed by atoms with Gasteiger partial charge in [-0.3, -0.25) is 4.79 Å². The summed E-state index contributed by atoms with van der Waals surface area (Å²) >= 11 is 5.92. The first kappa shape index (κ1) is 14.6. The molecule has 1 aromatic heterocycles. The van der Waals surface area contributed by atoms with Crippen LogP contribution in [-0.4, -0.2) is 33.4 Å². The Kier molecular flexibility index (Phi) is 4.76. The third-order valence-electron chi connectivity index (χ3n) is 2.77. The van der Waals surface area contributed by atoms with E-state index in [4.69, 9.17) is 16.7 Å². The van der Waals surface area contributed by atoms with E-state index in [2.05, 4.69) is 10.4 Å². The molecule has 0 aliphatic heterocycles. The quantitative estimate of drug-likeness (QED) is 0.886. The minimum absolute atomic E-state index is 0.209. The van der Waals surface area contributed by atoms with Gasteiger partial charge in [0.15, 0.2) is 0 Å². The number of halogens is 1. The fraction of sp³-hybridized carbons (Fsp3) is 0.286. The number of aliphatic hydroxyl groups is 1. The van der Waals surface area contributed by atoms with Crippen molar-refractivity contribution in [3.63, 3.8) is 0 Å². The zero-order chi connectivity index (χ0) is 14.5. The number of aromatic nitrogens is 2. The van der Waals surface area contributed by atoms with Gasteiger partial charge in [-0.25, -0.2) is 4.68 Å². The van der Waals surface area contributed by atoms with Gasteiger partial charge in [0.25, 0.3) is 5.91 Å². The molecule has 2 aromatic rings. The summed E-state index contributed by atoms with van der Waals surface area (Å²) in [6.45, 7) is 2.11. The molecule has 2 N–H and O–H groups in total. The van der Waals surface area contributed by atoms with E-state index in [0.29, 0.717) is 23.6 Å². The van der Waals surface area contributed by atoms with E-state index < -0.39 is 6.10 Å². The topological polar surface area (TPSA) is 67.2 Å². The summed E-state index contributed by atoms with van der Waals surface area (Å²) in [7, 11) is 0. The van der Waals surface area contributed by atoms with Crippen LogP contribution in [0.3, 0.4) is 0 Å². The summed E-state index contributed by atoms with van der Waals surface area (Å²) in [5, 5.41) is 16.6. The Balaban J connectivity index is 2.03. The summed E-state index contributed by atoms with van der Waals surface area (Å²) in [5.74, 6) is -0.209. The molecule has 0 spiro atoms. The van der Waals surface area contributed by atoms with E-state index in [9.17, 15) is 4.79 Å². The lowest BCUT2D eigenvalue weighted by Crippen LogP contribution is -2.26. The Hall–Kier alpha value is -1.85. The first-order chi connectivity index (χ1) is 9.56. The van der Waals surface area contributed by atoms with Crippen LogP contribution in [-0.2, 0) is 0 Å². The van der Waals surface area contributed by atoms with Crippen molar-refractivity contribution >= 4 is 17.5 Å². The average molecular weight is 294 g/mol. The summed E-state index contributed by atoms with van der Waals surface area (Å²) < 4.78 is 1.59. The Labute approximate surface area is 122 Å². The van der Waals surface area contributed by atoms with E-state index in [1.807, 2.05) is 12.1 Å². The molecule has 0 radical (unpaired) electrons. The van der Waals surface area contributed by atoms with Crippen molar-refractivity contribution in [2.45, 2.75) is 19.4 Å². The van der Waals surface area contributed by atoms with Gasteiger partial charge in [0, 0.05) is 17.8 Å². The highest BCUT2D eigenvalue weighted by Gasteiger charge is 2.09. The second kappa shape index (κ2) is 6.54. The van der Waals surface area contributed by atoms with Crippen LogP contribution in [0.4, 0.5) is 0 Å². The van der Waals surface area contributed by atoms with Crippen molar-refractivity contribution in [2.75, 3.05) is 6.54 Å². The predicted molar refractivity (Wildman–Crippen MR) is 77.2 cm³/mol. The van der Waals surface area contributed by atoms with Crippen LogP contribution in [0.15, 0.2) is 36.7 Å². The van der Waals surface area contributed by atoms with Crippen molar-refractivity contribution in [3.8, 4) is 5.69 Å². The Bertz CT molecular complexity index is 596. The molecule has 0 fully saturated rings. The third-order valence-corrected chi connectivity index (χ3v) is 3.00. The smallest absolute Gasteiger partial charge is 0.254 e. The number of hydrogen-bond acceptors (Lipinski definition) is 3. The summed E-state index contributed by atoms with van der Waals surface area (Å²) in [6.07, 6.45) is 3.24. The molecule has 1 heterocycles. The number of carbonyl (C=O) groups is 1. The van der Waals surface area contributed by atoms with Gasteiger partial charge < -0.3 is 10.4 Å². The lowest BCUT2D eigenvalue weighted by Gasteiger charge is -2.05. The second-order valence-corrected chi connectivity index (χ2v) is 4.98. The summed E-state index contributed by atoms with van der Waals surface area (Å²) in [4.78, 5) is 11.9. The number of benzene rings is 1. The van der Waals surface area contributed by atoms with Crippen LogP contribution in [0.2, 0.25) is 5.02 Å². The van der Waals surface area contributed by atoms with E-state index >= 15 is 0 Å². The minimum atomic E-state index is -0.426. The zero-order valence-corrected chi connectivity index (χ0v) is 11.8. The Morgan fingerprint density at radius 2 is 2.35 bits per heavy atom. The standard InChI is InChI=1S/C14H16ClN3O2/c1-10(19)5-6-16-14(20)11-8-17-18(9-11)13-4-2-3-12(15)7-13/h2-4,7-10,19H,5-6H2,1H3,(H,16,20). The fourth-order valence-corrected chi connectivity index (χ4v) is 1.88. The van der Waals surface area contributed by atoms with Crippen LogP contribution in [0.25, 0.3) is 5.69 Å². The number of hydrogen-bond donors (Lipinski definition) is 2. The van der Waals surface area contributed by atoms with Crippen molar-refractivity contribution < 1.29 is 9.90 Å². The summed E-state index contributed by atoms with van der Waals surface area (Å²) in [6, 6.07) is 7.22. The molecule has 106 valence electrons. The highest BCUT2D eigenvalue weighted by molar-refractivity contribution is 6.30. The third kappa shape index (κ3) is 3.82. The van der Waals surface area contributed by atoms with Gasteiger partial charge in [0.05, 0.1) is 23.6 Å². The maximum atomic E-state index is 11.9. The van der Waals surface area contributed by atoms with Gasteiger partial charge in [-0.15, -0.1) is 0 Å². The number of aliphatic hydroxyl groups excluding tert-OH is 1. The Morgan fingerprint density at radius 1 is 1.55 bits per heavy atom. The molecule has 2 rings (SSSR count). The van der Waals surface area contributed by atoms with Crippen molar-refractivity contribution in [3.05, 3.63) is 47.2 Å². The van der Waals surface area contributed by atoms with Crippen molar-refractivity contribution in [2.24, 2.45) is 0 Å². The molecule has 1 aromatic carbocycles. The lowest BCUT2D eigenvalue weighted by molar-refractivity contribution is 0.0945. The van der Waals surface area contributed by atoms with E-state index in [1.54, 1.807) is 29.9 Å². The Morgan fingerprint density at radius 3 is 3.05 bits per heavy atom. The SMILES string of the molecule is CC(O)CCNC(=O)c1cnn(-c2cccc(Cl)c2)c1. The molecule has 20 heavy (non-hydrogen) atoms. The molecule has 0 aliphatic rings. The summed E-state index contributed by atoms with van der Waals surface area (Å²) in [5.41, 5.74) is 1.26. The molecule has 1 amide bonds. The number of nitrogens with zero attached hydrogens (tertiary/aromatic N) is 2. The molecule has 6 heteroatoms. The number of amides is 1. The molecule has 0 aliphatic carbocycles. The normalized spacial score (nSPS) is 12.2. The van der Waals surface area contributed by atoms with Crippen LogP contribution >= 0.6 is 11.6 Å². The zero-order valence-electron chi connectivity index (χ0n) is 11.1. The number of nitrogens with one attached hydrogen (secondary N) is 1. The monoisotopic (exact) mass is 293 g/mol. The predicted octanol–water partition coefficient (Wildman–Crippen LogP) is 2.03. The molecular formula is C14H16ClN3O2. The molecule has 5 nitrogen and oxygen atoms in total. The molecule has 1 unspecified atom stereocenters. The van der Waals surface area contributed by atoms with E-state index in [1.165, 1.54) is 6.20 Å². The highest BCUT2D eigenvalue weighted by Crippen LogP contribution is 2.14. The molecule has 0 saturated carbocycles. The van der Waals surface area contributed by atoms with Crippen LogP contribution in [0.1, 0.15) is 23.7 Å². The molecular weight excluding hydrogens is 278 g/mol. The van der Waals surface area contributed by atoms with E-state index in [-0.39, 0.29) is 5.91 Å². The largest absolute Gasteiger partial charge is 0.393 e. The first-order valence-electron chi connectivity index (χ1n) is 6.33. The first-order valence-corrected chi connectivity index (χ1v) is 6.71. The maximum Gasteiger partial charge on any atom is 0.254 e. The molecule has 1 atom stereocenters. The van der Waals surface area contributed by atoms with Crippen LogP contribution in [0.5, 0.6) is 0 Å². The average Bonchev–Trinajstić information content (AvgIpc) is 2.87. The maximum absolute atomic E-state index is 11.9. The van der Waals surface area contributed by atoms with Gasteiger partial charge in [-0.05, 0) is 31.5 Å².